The van der Waals surface area contributed by atoms with Gasteiger partial charge in [-0.25, -0.2) is 9.78 Å². The largest absolute Gasteiger partial charge is 0.493 e. The summed E-state index contributed by atoms with van der Waals surface area (Å²) >= 11 is 0. The topological polar surface area (TPSA) is 311 Å². The Hall–Kier alpha value is -5.35. The van der Waals surface area contributed by atoms with Crippen molar-refractivity contribution in [2.24, 2.45) is 0 Å². The molecule has 0 atom stereocenters. The number of pyridine rings is 1. The molecular weight excluding hydrogens is 813 g/mol. The van der Waals surface area contributed by atoms with Crippen LogP contribution in [0.2, 0.25) is 0 Å². The van der Waals surface area contributed by atoms with Crippen molar-refractivity contribution in [2.75, 3.05) is 71.7 Å². The number of nitrogen functional groups attached to an aromatic ring is 2. The molecule has 0 unspecified atom stereocenters. The van der Waals surface area contributed by atoms with Crippen LogP contribution in [0.25, 0.3) is 10.9 Å². The molecule has 20 nitrogen and oxygen atoms in total. The van der Waals surface area contributed by atoms with E-state index in [0.717, 1.165) is 5.56 Å². The van der Waals surface area contributed by atoms with Crippen molar-refractivity contribution in [2.45, 2.75) is 19.9 Å². The van der Waals surface area contributed by atoms with Gasteiger partial charge in [-0.3, -0.25) is 18.5 Å². The standard InChI is InChI=1S/C31H34N6O5.3CH4O3S/c1-6-37-18-24(30(39)42-12-11-36(2)3)27(38)23-10-8-19(15-25(23)37)7-9-21-13-20(16-26(40-4)28(21)41-5)14-22-17-34-31(33)35-29(22)32;3*1-5(2,3)4/h8,10,13,15-18H,6,11-12,14H2,1-5H3,(H4,32,33,34,35);3*1H3,(H,2,3,4). The summed E-state index contributed by atoms with van der Waals surface area (Å²) in [7, 11) is -4.14. The lowest BCUT2D eigenvalue weighted by Gasteiger charge is -2.13. The highest BCUT2D eigenvalue weighted by Crippen LogP contribution is 2.33. The minimum Gasteiger partial charge on any atom is -0.493 e. The average Bonchev–Trinajstić information content (AvgIpc) is 3.06. The van der Waals surface area contributed by atoms with E-state index in [2.05, 4.69) is 21.8 Å². The Bertz CT molecular complexity index is 2400. The second kappa shape index (κ2) is 21.8. The number of aryl methyl sites for hydroxylation is 1. The fraction of sp³-hybridized carbons (Fsp3) is 0.353. The zero-order valence-corrected chi connectivity index (χ0v) is 34.8. The molecule has 0 amide bonds. The molecule has 4 aromatic rings. The van der Waals surface area contributed by atoms with E-state index >= 15 is 0 Å². The quantitative estimate of drug-likeness (QED) is 0.0897. The lowest BCUT2D eigenvalue weighted by atomic mass is 10.0. The van der Waals surface area contributed by atoms with Gasteiger partial charge in [0.15, 0.2) is 11.5 Å². The predicted octanol–water partition coefficient (Wildman–Crippen LogP) is 1.21. The fourth-order valence-corrected chi connectivity index (χ4v) is 4.42. The number of ether oxygens (including phenoxy) is 3. The number of rotatable bonds is 9. The maximum Gasteiger partial charge on any atom is 0.343 e. The first-order valence-corrected chi connectivity index (χ1v) is 21.6. The molecule has 0 radical (unpaired) electrons. The summed E-state index contributed by atoms with van der Waals surface area (Å²) in [5.74, 6) is 7.12. The van der Waals surface area contributed by atoms with Crippen molar-refractivity contribution >= 4 is 59.0 Å². The molecule has 0 aliphatic rings. The van der Waals surface area contributed by atoms with Crippen LogP contribution in [0.3, 0.4) is 0 Å². The second-order valence-corrected chi connectivity index (χ2v) is 16.4. The van der Waals surface area contributed by atoms with Gasteiger partial charge in [-0.2, -0.15) is 30.2 Å². The van der Waals surface area contributed by atoms with E-state index in [9.17, 15) is 34.8 Å². The number of carbonyl (C=O) groups excluding carboxylic acids is 1. The minimum atomic E-state index is -3.67. The van der Waals surface area contributed by atoms with E-state index in [1.807, 2.05) is 48.7 Å². The molecule has 0 bridgehead atoms. The number of hydrogen-bond donors (Lipinski definition) is 5. The Kier molecular flexibility index (Phi) is 19.0. The van der Waals surface area contributed by atoms with Crippen LogP contribution in [0.15, 0.2) is 47.5 Å². The number of nitrogens with zero attached hydrogens (tertiary/aromatic N) is 4. The van der Waals surface area contributed by atoms with E-state index in [1.54, 1.807) is 38.7 Å². The monoisotopic (exact) mass is 858 g/mol. The van der Waals surface area contributed by atoms with E-state index in [1.165, 1.54) is 0 Å². The van der Waals surface area contributed by atoms with Gasteiger partial charge < -0.3 is 35.1 Å². The number of likely N-dealkylation sites (N-methyl/N-ethyl adjacent to an activating group) is 1. The minimum absolute atomic E-state index is 0.00252. The third-order valence-electron chi connectivity index (χ3n) is 6.61. The third kappa shape index (κ3) is 19.9. The molecule has 0 saturated heterocycles. The summed E-state index contributed by atoms with van der Waals surface area (Å²) in [6, 6.07) is 9.00. The van der Waals surface area contributed by atoms with Crippen LogP contribution in [0, 0.1) is 11.8 Å². The van der Waals surface area contributed by atoms with Crippen LogP contribution in [0.4, 0.5) is 11.8 Å². The maximum absolute atomic E-state index is 13.2. The molecule has 23 heteroatoms. The lowest BCUT2D eigenvalue weighted by molar-refractivity contribution is 0.0479. The van der Waals surface area contributed by atoms with Crippen molar-refractivity contribution in [3.8, 4) is 23.3 Å². The van der Waals surface area contributed by atoms with Crippen LogP contribution >= 0.6 is 0 Å². The summed E-state index contributed by atoms with van der Waals surface area (Å²) in [6.07, 6.45) is 5.72. The summed E-state index contributed by atoms with van der Waals surface area (Å²) in [5, 5.41) is 0.411. The Morgan fingerprint density at radius 1 is 0.912 bits per heavy atom. The highest BCUT2D eigenvalue weighted by molar-refractivity contribution is 7.85. The van der Waals surface area contributed by atoms with Gasteiger partial charge in [-0.05, 0) is 56.9 Å². The van der Waals surface area contributed by atoms with Gasteiger partial charge in [0.2, 0.25) is 11.4 Å². The number of carbonyl (C=O) groups is 1. The zero-order chi connectivity index (χ0) is 43.9. The van der Waals surface area contributed by atoms with E-state index < -0.39 is 36.3 Å². The van der Waals surface area contributed by atoms with Crippen LogP contribution < -0.4 is 26.4 Å². The maximum atomic E-state index is 13.2. The highest BCUT2D eigenvalue weighted by Gasteiger charge is 2.17. The lowest BCUT2D eigenvalue weighted by Crippen LogP contribution is -2.24. The summed E-state index contributed by atoms with van der Waals surface area (Å²) in [4.78, 5) is 35.8. The van der Waals surface area contributed by atoms with Gasteiger partial charge in [0.05, 0.1) is 44.1 Å². The number of aromatic nitrogens is 3. The van der Waals surface area contributed by atoms with Crippen LogP contribution in [-0.4, -0.2) is 125 Å². The normalized spacial score (nSPS) is 11.0. The highest BCUT2D eigenvalue weighted by atomic mass is 32.2. The molecule has 0 aliphatic heterocycles. The number of anilines is 2. The molecule has 2 aromatic carbocycles. The number of methoxy groups -OCH3 is 2. The Morgan fingerprint density at radius 2 is 1.49 bits per heavy atom. The Morgan fingerprint density at radius 3 is 1.98 bits per heavy atom. The number of benzene rings is 2. The molecule has 0 aliphatic carbocycles. The van der Waals surface area contributed by atoms with E-state index in [-0.39, 0.29) is 23.5 Å². The molecule has 7 N–H and O–H groups in total. The van der Waals surface area contributed by atoms with Crippen LogP contribution in [-0.2, 0) is 48.1 Å². The number of fused-ring (bicyclic) bond motifs is 1. The predicted molar refractivity (Wildman–Crippen MR) is 214 cm³/mol. The van der Waals surface area contributed by atoms with Crippen molar-refractivity contribution < 1.29 is 57.9 Å². The molecule has 0 saturated carbocycles. The van der Waals surface area contributed by atoms with Crippen molar-refractivity contribution in [3.63, 3.8) is 0 Å². The van der Waals surface area contributed by atoms with Gasteiger partial charge in [-0.15, -0.1) is 0 Å². The Labute approximate surface area is 331 Å². The first kappa shape index (κ1) is 49.7. The molecule has 0 fully saturated rings. The second-order valence-electron chi connectivity index (χ2n) is 12.0. The first-order chi connectivity index (χ1) is 26.1. The van der Waals surface area contributed by atoms with Gasteiger partial charge in [0, 0.05) is 48.4 Å². The SMILES string of the molecule is CCn1cc(C(=O)OCCN(C)C)c(=O)c2ccc(C#Cc3cc(Cc4cnc(N)nc4N)cc(OC)c3OC)cc21.CS(=O)(=O)O.CS(=O)(=O)O.CS(=O)(=O)O. The average molecular weight is 859 g/mol. The van der Waals surface area contributed by atoms with Crippen LogP contribution in [0.1, 0.15) is 39.5 Å². The van der Waals surface area contributed by atoms with Crippen molar-refractivity contribution in [1.29, 1.82) is 0 Å². The molecule has 57 heavy (non-hydrogen) atoms. The molecule has 0 spiro atoms. The fourth-order valence-electron chi connectivity index (χ4n) is 4.42. The Balaban J connectivity index is 0.000000921. The van der Waals surface area contributed by atoms with Gasteiger partial charge in [0.25, 0.3) is 30.4 Å². The zero-order valence-electron chi connectivity index (χ0n) is 32.4. The number of hydrogen-bond acceptors (Lipinski definition) is 16. The molecule has 2 aromatic heterocycles. The summed E-state index contributed by atoms with van der Waals surface area (Å²) < 4.78 is 96.0. The molecular formula is C34H46N6O14S3. The summed E-state index contributed by atoms with van der Waals surface area (Å²) in [6.45, 7) is 3.23. The molecule has 2 heterocycles. The van der Waals surface area contributed by atoms with E-state index in [4.69, 9.17) is 39.3 Å². The van der Waals surface area contributed by atoms with Crippen molar-refractivity contribution in [1.82, 2.24) is 19.4 Å². The smallest absolute Gasteiger partial charge is 0.343 e. The van der Waals surface area contributed by atoms with E-state index in [0.29, 0.717) is 83.2 Å². The van der Waals surface area contributed by atoms with Crippen LogP contribution in [0.5, 0.6) is 11.5 Å². The van der Waals surface area contributed by atoms with Gasteiger partial charge >= 0.3 is 5.97 Å². The summed E-state index contributed by atoms with van der Waals surface area (Å²) in [5.41, 5.74) is 14.8. The number of nitrogens with two attached hydrogens (primary N) is 2. The van der Waals surface area contributed by atoms with Gasteiger partial charge in [-0.1, -0.05) is 11.8 Å². The van der Waals surface area contributed by atoms with Crippen molar-refractivity contribution in [3.05, 3.63) is 80.8 Å². The molecule has 4 rings (SSSR count). The third-order valence-corrected chi connectivity index (χ3v) is 6.61. The van der Waals surface area contributed by atoms with Gasteiger partial charge in [0.1, 0.15) is 18.0 Å². The first-order valence-electron chi connectivity index (χ1n) is 16.0. The number of esters is 1. The molecule has 314 valence electrons.